The van der Waals surface area contributed by atoms with Gasteiger partial charge in [-0.25, -0.2) is 14.4 Å². The summed E-state index contributed by atoms with van der Waals surface area (Å²) in [5.74, 6) is -0.412. The van der Waals surface area contributed by atoms with Gasteiger partial charge in [0.1, 0.15) is 12.1 Å². The Kier molecular flexibility index (Phi) is 4.16. The molecule has 5 nitrogen and oxygen atoms in total. The lowest BCUT2D eigenvalue weighted by Gasteiger charge is -2.24. The number of H-pyrrole nitrogens is 1. The molecule has 1 N–H and O–H groups in total. The molecule has 6 heteroatoms. The predicted molar refractivity (Wildman–Crippen MR) is 86.4 cm³/mol. The van der Waals surface area contributed by atoms with Gasteiger partial charge >= 0.3 is 0 Å². The minimum absolute atomic E-state index is 0.0745. The molecule has 0 radical (unpaired) electrons. The van der Waals surface area contributed by atoms with Gasteiger partial charge in [0.15, 0.2) is 5.43 Å². The first-order chi connectivity index (χ1) is 11.0. The van der Waals surface area contributed by atoms with E-state index >= 15 is 0 Å². The number of rotatable bonds is 4. The van der Waals surface area contributed by atoms with Crippen LogP contribution >= 0.6 is 0 Å². The molecule has 0 saturated heterocycles. The number of pyridine rings is 1. The molecule has 0 aliphatic heterocycles. The molecule has 0 amide bonds. The molecule has 0 spiro atoms. The van der Waals surface area contributed by atoms with Crippen LogP contribution in [0, 0.1) is 5.82 Å². The molecule has 0 bridgehead atoms. The van der Waals surface area contributed by atoms with E-state index in [0.717, 1.165) is 11.4 Å². The van der Waals surface area contributed by atoms with E-state index in [-0.39, 0.29) is 11.5 Å². The van der Waals surface area contributed by atoms with Crippen LogP contribution in [0.5, 0.6) is 0 Å². The highest BCUT2D eigenvalue weighted by Gasteiger charge is 2.14. The van der Waals surface area contributed by atoms with Crippen LogP contribution in [-0.2, 0) is 6.54 Å². The average Bonchev–Trinajstić information content (AvgIpc) is 2.55. The summed E-state index contributed by atoms with van der Waals surface area (Å²) in [4.78, 5) is 25.6. The summed E-state index contributed by atoms with van der Waals surface area (Å²) in [5, 5.41) is 0.361. The van der Waals surface area contributed by atoms with Crippen molar-refractivity contribution < 1.29 is 4.39 Å². The molecule has 2 heterocycles. The lowest BCUT2D eigenvalue weighted by atomic mass is 10.1. The van der Waals surface area contributed by atoms with Crippen molar-refractivity contribution in [3.8, 4) is 0 Å². The molecular weight excluding hydrogens is 295 g/mol. The number of halogens is 1. The van der Waals surface area contributed by atoms with Crippen LogP contribution in [0.4, 0.5) is 4.39 Å². The second kappa shape index (κ2) is 6.26. The Hall–Kier alpha value is -2.60. The smallest absolute Gasteiger partial charge is 0.189 e. The molecule has 0 unspecified atom stereocenters. The highest BCUT2D eigenvalue weighted by molar-refractivity contribution is 5.78. The molecule has 0 fully saturated rings. The molecule has 2 aromatic heterocycles. The quantitative estimate of drug-likeness (QED) is 0.804. The minimum Gasteiger partial charge on any atom is -0.357 e. The molecule has 3 rings (SSSR count). The highest BCUT2D eigenvalue weighted by Crippen LogP contribution is 2.18. The summed E-state index contributed by atoms with van der Waals surface area (Å²) < 4.78 is 13.2. The zero-order valence-electron chi connectivity index (χ0n) is 13.0. The third-order valence-electron chi connectivity index (χ3n) is 3.96. The second-order valence-corrected chi connectivity index (χ2v) is 5.57. The van der Waals surface area contributed by atoms with Crippen molar-refractivity contribution in [2.75, 3.05) is 7.05 Å². The van der Waals surface area contributed by atoms with Crippen molar-refractivity contribution >= 4 is 10.9 Å². The minimum atomic E-state index is -0.412. The summed E-state index contributed by atoms with van der Waals surface area (Å²) in [6.45, 7) is 2.59. The Balaban J connectivity index is 1.86. The van der Waals surface area contributed by atoms with Crippen molar-refractivity contribution in [2.24, 2.45) is 0 Å². The molecule has 118 valence electrons. The van der Waals surface area contributed by atoms with Gasteiger partial charge in [-0.1, -0.05) is 0 Å². The molecule has 1 aromatic carbocycles. The van der Waals surface area contributed by atoms with Gasteiger partial charge in [0, 0.05) is 41.4 Å². The van der Waals surface area contributed by atoms with Gasteiger partial charge in [-0.15, -0.1) is 0 Å². The molecule has 1 atom stereocenters. The average molecular weight is 312 g/mol. The number of benzene rings is 1. The van der Waals surface area contributed by atoms with Crippen molar-refractivity contribution in [3.05, 3.63) is 70.3 Å². The topological polar surface area (TPSA) is 61.9 Å². The highest BCUT2D eigenvalue weighted by atomic mass is 19.1. The van der Waals surface area contributed by atoms with Gasteiger partial charge in [-0.3, -0.25) is 9.69 Å². The van der Waals surface area contributed by atoms with Crippen LogP contribution in [0.2, 0.25) is 0 Å². The van der Waals surface area contributed by atoms with Gasteiger partial charge in [-0.2, -0.15) is 0 Å². The molecule has 23 heavy (non-hydrogen) atoms. The molecule has 0 aliphatic rings. The van der Waals surface area contributed by atoms with E-state index in [1.165, 1.54) is 24.5 Å². The first-order valence-corrected chi connectivity index (χ1v) is 7.32. The van der Waals surface area contributed by atoms with E-state index in [4.69, 9.17) is 0 Å². The monoisotopic (exact) mass is 312 g/mol. The lowest BCUT2D eigenvalue weighted by Crippen LogP contribution is -2.24. The standard InChI is InChI=1S/C17H17FN4O/c1-11(15-5-6-19-10-20-15)22(2)9-13-8-17(23)14-7-12(18)3-4-16(14)21-13/h3-8,10-11H,9H2,1-2H3,(H,21,23)/t11-/m0/s1. The zero-order valence-corrected chi connectivity index (χ0v) is 13.0. The number of nitrogens with zero attached hydrogens (tertiary/aromatic N) is 3. The number of fused-ring (bicyclic) bond motifs is 1. The van der Waals surface area contributed by atoms with E-state index < -0.39 is 5.82 Å². The van der Waals surface area contributed by atoms with E-state index in [0.29, 0.717) is 17.4 Å². The fourth-order valence-corrected chi connectivity index (χ4v) is 2.54. The third kappa shape index (κ3) is 3.27. The van der Waals surface area contributed by atoms with Gasteiger partial charge in [0.2, 0.25) is 0 Å². The second-order valence-electron chi connectivity index (χ2n) is 5.57. The van der Waals surface area contributed by atoms with E-state index in [1.807, 2.05) is 20.0 Å². The van der Waals surface area contributed by atoms with Crippen LogP contribution in [0.1, 0.15) is 24.4 Å². The van der Waals surface area contributed by atoms with Crippen LogP contribution < -0.4 is 5.43 Å². The fraction of sp³-hybridized carbons (Fsp3) is 0.235. The van der Waals surface area contributed by atoms with E-state index in [1.54, 1.807) is 12.3 Å². The van der Waals surface area contributed by atoms with Crippen molar-refractivity contribution in [1.82, 2.24) is 19.9 Å². The third-order valence-corrected chi connectivity index (χ3v) is 3.96. The summed E-state index contributed by atoms with van der Waals surface area (Å²) >= 11 is 0. The van der Waals surface area contributed by atoms with Crippen LogP contribution in [0.15, 0.2) is 47.7 Å². The molecule has 0 saturated carbocycles. The Morgan fingerprint density at radius 2 is 2.13 bits per heavy atom. The number of aromatic nitrogens is 3. The summed E-state index contributed by atoms with van der Waals surface area (Å²) in [6, 6.07) is 7.65. The first kappa shape index (κ1) is 15.3. The van der Waals surface area contributed by atoms with Crippen molar-refractivity contribution in [2.45, 2.75) is 19.5 Å². The number of hydrogen-bond acceptors (Lipinski definition) is 4. The van der Waals surface area contributed by atoms with Gasteiger partial charge in [0.25, 0.3) is 0 Å². The number of hydrogen-bond donors (Lipinski definition) is 1. The SMILES string of the molecule is C[C@@H](c1ccncn1)N(C)Cc1cc(=O)c2cc(F)ccc2[nH]1. The molecule has 0 aliphatic carbocycles. The first-order valence-electron chi connectivity index (χ1n) is 7.32. The lowest BCUT2D eigenvalue weighted by molar-refractivity contribution is 0.246. The maximum absolute atomic E-state index is 13.2. The van der Waals surface area contributed by atoms with Gasteiger partial charge in [-0.05, 0) is 38.2 Å². The van der Waals surface area contributed by atoms with Crippen LogP contribution in [-0.4, -0.2) is 26.9 Å². The van der Waals surface area contributed by atoms with Crippen molar-refractivity contribution in [3.63, 3.8) is 0 Å². The van der Waals surface area contributed by atoms with Gasteiger partial charge < -0.3 is 4.98 Å². The normalized spacial score (nSPS) is 12.7. The largest absolute Gasteiger partial charge is 0.357 e. The Labute approximate surface area is 132 Å². The van der Waals surface area contributed by atoms with E-state index in [9.17, 15) is 9.18 Å². The predicted octanol–water partition coefficient (Wildman–Crippen LogP) is 2.65. The van der Waals surface area contributed by atoms with Crippen LogP contribution in [0.25, 0.3) is 10.9 Å². The Morgan fingerprint density at radius 3 is 2.87 bits per heavy atom. The Morgan fingerprint density at radius 1 is 1.30 bits per heavy atom. The summed E-state index contributed by atoms with van der Waals surface area (Å²) in [5.41, 5.74) is 2.14. The summed E-state index contributed by atoms with van der Waals surface area (Å²) in [7, 11) is 1.96. The number of nitrogens with one attached hydrogen (secondary N) is 1. The van der Waals surface area contributed by atoms with Gasteiger partial charge in [0.05, 0.1) is 5.69 Å². The van der Waals surface area contributed by atoms with E-state index in [2.05, 4.69) is 19.9 Å². The molecule has 3 aromatic rings. The maximum atomic E-state index is 13.2. The van der Waals surface area contributed by atoms with Crippen molar-refractivity contribution in [1.29, 1.82) is 0 Å². The van der Waals surface area contributed by atoms with Crippen LogP contribution in [0.3, 0.4) is 0 Å². The summed E-state index contributed by atoms with van der Waals surface area (Å²) in [6.07, 6.45) is 3.23. The zero-order chi connectivity index (χ0) is 16.4. The Bertz CT molecular complexity index is 879. The fourth-order valence-electron chi connectivity index (χ4n) is 2.54. The maximum Gasteiger partial charge on any atom is 0.189 e. The number of aromatic amines is 1. The molecular formula is C17H17FN4O.